The van der Waals surface area contributed by atoms with Crippen LogP contribution >= 0.6 is 0 Å². The lowest BCUT2D eigenvalue weighted by Gasteiger charge is -2.37. The van der Waals surface area contributed by atoms with E-state index in [-0.39, 0.29) is 24.8 Å². The smallest absolute Gasteiger partial charge is 0.317 e. The van der Waals surface area contributed by atoms with E-state index in [4.69, 9.17) is 14.9 Å². The molecule has 116 valence electrons. The molecule has 0 radical (unpaired) electrons. The van der Waals surface area contributed by atoms with Gasteiger partial charge in [0.25, 0.3) is 0 Å². The number of carboxylic acids is 1. The van der Waals surface area contributed by atoms with Gasteiger partial charge in [-0.15, -0.1) is 0 Å². The molecule has 0 aliphatic carbocycles. The van der Waals surface area contributed by atoms with E-state index >= 15 is 0 Å². The summed E-state index contributed by atoms with van der Waals surface area (Å²) in [6, 6.07) is -0.224. The quantitative estimate of drug-likeness (QED) is 0.610. The molecule has 2 amide bonds. The Morgan fingerprint density at radius 1 is 1.50 bits per heavy atom. The Kier molecular flexibility index (Phi) is 6.74. The summed E-state index contributed by atoms with van der Waals surface area (Å²) in [5.74, 6) is -1.21. The molecular formula is C13H24N2O5. The third kappa shape index (κ3) is 4.97. The van der Waals surface area contributed by atoms with Crippen LogP contribution in [0, 0.1) is 5.92 Å². The molecule has 0 spiro atoms. The molecule has 1 fully saturated rings. The first-order valence-corrected chi connectivity index (χ1v) is 6.95. The lowest BCUT2D eigenvalue weighted by atomic mass is 10.1. The van der Waals surface area contributed by atoms with Crippen LogP contribution in [0.15, 0.2) is 0 Å². The van der Waals surface area contributed by atoms with E-state index in [2.05, 4.69) is 5.32 Å². The number of carbonyl (C=O) groups is 2. The predicted molar refractivity (Wildman–Crippen MR) is 72.4 cm³/mol. The minimum Gasteiger partial charge on any atom is -0.481 e. The Hall–Kier alpha value is -1.34. The van der Waals surface area contributed by atoms with E-state index in [1.165, 1.54) is 0 Å². The van der Waals surface area contributed by atoms with E-state index < -0.39 is 11.9 Å². The molecule has 0 aromatic rings. The number of amides is 2. The summed E-state index contributed by atoms with van der Waals surface area (Å²) in [5, 5.41) is 20.6. The third-order valence-corrected chi connectivity index (χ3v) is 3.48. The van der Waals surface area contributed by atoms with E-state index in [9.17, 15) is 9.59 Å². The van der Waals surface area contributed by atoms with E-state index in [1.54, 1.807) is 11.8 Å². The van der Waals surface area contributed by atoms with Gasteiger partial charge in [0.15, 0.2) is 0 Å². The predicted octanol–water partition coefficient (Wildman–Crippen LogP) is 0.279. The molecule has 1 heterocycles. The SMILES string of the molecule is CC(CCCNC(=O)N1CC(CO)OCC1C)C(=O)O. The molecule has 1 aliphatic heterocycles. The molecule has 7 heteroatoms. The summed E-state index contributed by atoms with van der Waals surface area (Å²) in [6.07, 6.45) is 0.832. The number of hydrogen-bond acceptors (Lipinski definition) is 4. The number of aliphatic hydroxyl groups is 1. The highest BCUT2D eigenvalue weighted by molar-refractivity contribution is 5.74. The number of nitrogens with zero attached hydrogens (tertiary/aromatic N) is 1. The van der Waals surface area contributed by atoms with Crippen molar-refractivity contribution >= 4 is 12.0 Å². The van der Waals surface area contributed by atoms with Crippen molar-refractivity contribution in [3.05, 3.63) is 0 Å². The second-order valence-electron chi connectivity index (χ2n) is 5.25. The summed E-state index contributed by atoms with van der Waals surface area (Å²) in [6.45, 7) is 4.67. The standard InChI is InChI=1S/C13H24N2O5/c1-9(12(17)18)4-3-5-14-13(19)15-6-11(7-16)20-8-10(15)2/h9-11,16H,3-8H2,1-2H3,(H,14,19)(H,17,18). The maximum atomic E-state index is 12.0. The maximum absolute atomic E-state index is 12.0. The fourth-order valence-corrected chi connectivity index (χ4v) is 2.04. The van der Waals surface area contributed by atoms with E-state index in [0.29, 0.717) is 32.5 Å². The Bertz CT molecular complexity index is 337. The summed E-state index contributed by atoms with van der Waals surface area (Å²) in [5.41, 5.74) is 0. The summed E-state index contributed by atoms with van der Waals surface area (Å²) in [7, 11) is 0. The normalized spacial score (nSPS) is 24.2. The molecule has 1 rings (SSSR count). The fourth-order valence-electron chi connectivity index (χ4n) is 2.04. The van der Waals surface area contributed by atoms with Crippen molar-refractivity contribution in [1.82, 2.24) is 10.2 Å². The Morgan fingerprint density at radius 2 is 2.20 bits per heavy atom. The molecule has 1 saturated heterocycles. The summed E-state index contributed by atoms with van der Waals surface area (Å²) < 4.78 is 5.37. The van der Waals surface area contributed by atoms with Gasteiger partial charge in [-0.2, -0.15) is 0 Å². The van der Waals surface area contributed by atoms with Crippen molar-refractivity contribution in [2.75, 3.05) is 26.3 Å². The molecule has 3 N–H and O–H groups in total. The van der Waals surface area contributed by atoms with Gasteiger partial charge in [-0.1, -0.05) is 6.92 Å². The Labute approximate surface area is 118 Å². The topological polar surface area (TPSA) is 99.1 Å². The van der Waals surface area contributed by atoms with Crippen molar-refractivity contribution in [2.24, 2.45) is 5.92 Å². The number of ether oxygens (including phenoxy) is 1. The second-order valence-corrected chi connectivity index (χ2v) is 5.25. The van der Waals surface area contributed by atoms with Gasteiger partial charge < -0.3 is 25.2 Å². The van der Waals surface area contributed by atoms with Crippen LogP contribution in [0.25, 0.3) is 0 Å². The van der Waals surface area contributed by atoms with Crippen molar-refractivity contribution < 1.29 is 24.5 Å². The molecule has 0 bridgehead atoms. The van der Waals surface area contributed by atoms with Gasteiger partial charge in [-0.05, 0) is 19.8 Å². The van der Waals surface area contributed by atoms with Crippen LogP contribution in [0.4, 0.5) is 4.79 Å². The summed E-state index contributed by atoms with van der Waals surface area (Å²) in [4.78, 5) is 24.3. The highest BCUT2D eigenvalue weighted by atomic mass is 16.5. The molecule has 1 aliphatic rings. The number of nitrogens with one attached hydrogen (secondary N) is 1. The molecule has 20 heavy (non-hydrogen) atoms. The van der Waals surface area contributed by atoms with Crippen molar-refractivity contribution in [3.8, 4) is 0 Å². The number of rotatable bonds is 6. The average Bonchev–Trinajstić information content (AvgIpc) is 2.43. The monoisotopic (exact) mass is 288 g/mol. The Morgan fingerprint density at radius 3 is 2.80 bits per heavy atom. The van der Waals surface area contributed by atoms with Gasteiger partial charge in [0.05, 0.1) is 37.8 Å². The number of morpholine rings is 1. The van der Waals surface area contributed by atoms with E-state index in [1.807, 2.05) is 6.92 Å². The highest BCUT2D eigenvalue weighted by Crippen LogP contribution is 2.11. The van der Waals surface area contributed by atoms with Crippen LogP contribution in [0.1, 0.15) is 26.7 Å². The van der Waals surface area contributed by atoms with Gasteiger partial charge >= 0.3 is 12.0 Å². The molecule has 3 atom stereocenters. The first kappa shape index (κ1) is 16.7. The number of carboxylic acid groups (broad SMARTS) is 1. The van der Waals surface area contributed by atoms with Crippen molar-refractivity contribution in [3.63, 3.8) is 0 Å². The molecule has 0 saturated carbocycles. The van der Waals surface area contributed by atoms with Crippen molar-refractivity contribution in [1.29, 1.82) is 0 Å². The van der Waals surface area contributed by atoms with Crippen LogP contribution in [0.3, 0.4) is 0 Å². The number of hydrogen-bond donors (Lipinski definition) is 3. The molecule has 0 aromatic heterocycles. The van der Waals surface area contributed by atoms with Gasteiger partial charge in [0.2, 0.25) is 0 Å². The van der Waals surface area contributed by atoms with Gasteiger partial charge in [-0.3, -0.25) is 4.79 Å². The molecule has 3 unspecified atom stereocenters. The third-order valence-electron chi connectivity index (χ3n) is 3.48. The zero-order valence-electron chi connectivity index (χ0n) is 12.0. The number of aliphatic carboxylic acids is 1. The second kappa shape index (κ2) is 8.06. The van der Waals surface area contributed by atoms with Crippen LogP contribution in [-0.4, -0.2) is 65.6 Å². The zero-order chi connectivity index (χ0) is 15.1. The van der Waals surface area contributed by atoms with Gasteiger partial charge in [0, 0.05) is 6.54 Å². The largest absolute Gasteiger partial charge is 0.481 e. The van der Waals surface area contributed by atoms with Gasteiger partial charge in [0.1, 0.15) is 0 Å². The summed E-state index contributed by atoms with van der Waals surface area (Å²) >= 11 is 0. The molecule has 7 nitrogen and oxygen atoms in total. The number of urea groups is 1. The fraction of sp³-hybridized carbons (Fsp3) is 0.846. The van der Waals surface area contributed by atoms with Crippen molar-refractivity contribution in [2.45, 2.75) is 38.8 Å². The number of carbonyl (C=O) groups excluding carboxylic acids is 1. The Balaban J connectivity index is 2.29. The zero-order valence-corrected chi connectivity index (χ0v) is 12.0. The lowest BCUT2D eigenvalue weighted by Crippen LogP contribution is -2.55. The number of aliphatic hydroxyl groups excluding tert-OH is 1. The first-order valence-electron chi connectivity index (χ1n) is 6.95. The van der Waals surface area contributed by atoms with Crippen LogP contribution in [0.5, 0.6) is 0 Å². The first-order chi connectivity index (χ1) is 9.45. The maximum Gasteiger partial charge on any atom is 0.317 e. The van der Waals surface area contributed by atoms with Gasteiger partial charge in [-0.25, -0.2) is 4.79 Å². The van der Waals surface area contributed by atoms with Crippen LogP contribution < -0.4 is 5.32 Å². The van der Waals surface area contributed by atoms with E-state index in [0.717, 1.165) is 0 Å². The lowest BCUT2D eigenvalue weighted by molar-refractivity contribution is -0.141. The van der Waals surface area contributed by atoms with Crippen LogP contribution in [-0.2, 0) is 9.53 Å². The highest BCUT2D eigenvalue weighted by Gasteiger charge is 2.29. The van der Waals surface area contributed by atoms with Crippen LogP contribution in [0.2, 0.25) is 0 Å². The molecule has 0 aromatic carbocycles. The minimum absolute atomic E-state index is 0.0317. The minimum atomic E-state index is -0.816. The average molecular weight is 288 g/mol. The molecular weight excluding hydrogens is 264 g/mol.